The number of hydrogen-bond donors (Lipinski definition) is 2. The molecule has 2 N–H and O–H groups in total. The van der Waals surface area contributed by atoms with Crippen LogP contribution >= 0.6 is 0 Å². The maximum Gasteiger partial charge on any atom is 0.215 e. The van der Waals surface area contributed by atoms with E-state index in [9.17, 15) is 0 Å². The third-order valence-electron chi connectivity index (χ3n) is 2.28. The number of aliphatic hydroxyl groups excluding tert-OH is 1. The second kappa shape index (κ2) is 9.06. The first-order valence-electron chi connectivity index (χ1n) is 5.34. The Bertz CT molecular complexity index is 147. The molecule has 0 fully saturated rings. The molecular formula is C10H24N2O3. The van der Waals surface area contributed by atoms with Gasteiger partial charge in [0.05, 0.1) is 13.2 Å². The summed E-state index contributed by atoms with van der Waals surface area (Å²) in [6, 6.07) is 0.258. The van der Waals surface area contributed by atoms with Gasteiger partial charge in [0.1, 0.15) is 0 Å². The van der Waals surface area contributed by atoms with Gasteiger partial charge in [-0.15, -0.1) is 0 Å². The average Bonchev–Trinajstić information content (AvgIpc) is 2.24. The van der Waals surface area contributed by atoms with Crippen LogP contribution in [0.1, 0.15) is 13.8 Å². The van der Waals surface area contributed by atoms with Gasteiger partial charge in [-0.05, 0) is 20.5 Å². The predicted molar refractivity (Wildman–Crippen MR) is 59.6 cm³/mol. The second-order valence-corrected chi connectivity index (χ2v) is 3.51. The lowest BCUT2D eigenvalue weighted by Crippen LogP contribution is -2.40. The van der Waals surface area contributed by atoms with Gasteiger partial charge in [0.15, 0.2) is 0 Å². The highest BCUT2D eigenvalue weighted by molar-refractivity contribution is 4.61. The van der Waals surface area contributed by atoms with Gasteiger partial charge in [0.2, 0.25) is 6.41 Å². The fourth-order valence-corrected chi connectivity index (χ4v) is 1.11. The van der Waals surface area contributed by atoms with Crippen molar-refractivity contribution in [3.05, 3.63) is 0 Å². The minimum Gasteiger partial charge on any atom is -0.395 e. The molecule has 0 bridgehead atoms. The van der Waals surface area contributed by atoms with Gasteiger partial charge < -0.3 is 14.6 Å². The van der Waals surface area contributed by atoms with E-state index in [4.69, 9.17) is 14.6 Å². The molecule has 0 radical (unpaired) electrons. The molecule has 0 aliphatic rings. The molecule has 0 aromatic carbocycles. The van der Waals surface area contributed by atoms with E-state index in [-0.39, 0.29) is 19.1 Å². The van der Waals surface area contributed by atoms with E-state index in [1.165, 1.54) is 0 Å². The first kappa shape index (κ1) is 14.8. The minimum absolute atomic E-state index is 0.168. The maximum atomic E-state index is 8.77. The summed E-state index contributed by atoms with van der Waals surface area (Å²) >= 11 is 0. The molecule has 2 atom stereocenters. The molecule has 0 aliphatic carbocycles. The summed E-state index contributed by atoms with van der Waals surface area (Å²) in [7, 11) is 3.56. The molecule has 0 aliphatic heterocycles. The van der Waals surface area contributed by atoms with Crippen molar-refractivity contribution < 1.29 is 14.6 Å². The maximum absolute atomic E-state index is 8.77. The van der Waals surface area contributed by atoms with Gasteiger partial charge in [-0.3, -0.25) is 10.2 Å². The molecule has 0 heterocycles. The molecule has 0 saturated carbocycles. The molecule has 0 aromatic rings. The van der Waals surface area contributed by atoms with E-state index < -0.39 is 0 Å². The van der Waals surface area contributed by atoms with E-state index >= 15 is 0 Å². The predicted octanol–water partition coefficient (Wildman–Crippen LogP) is -0.145. The van der Waals surface area contributed by atoms with Crippen LogP contribution in [0.5, 0.6) is 0 Å². The highest BCUT2D eigenvalue weighted by Crippen LogP contribution is 1.98. The number of methoxy groups -OCH3 is 1. The Morgan fingerprint density at radius 2 is 2.13 bits per heavy atom. The van der Waals surface area contributed by atoms with Crippen LogP contribution in [0.3, 0.4) is 0 Å². The van der Waals surface area contributed by atoms with Gasteiger partial charge in [-0.1, -0.05) is 6.92 Å². The molecule has 0 amide bonds. The zero-order chi connectivity index (χ0) is 11.7. The number of rotatable bonds is 9. The molecule has 0 spiro atoms. The Hall–Kier alpha value is -0.200. The normalized spacial score (nSPS) is 15.6. The smallest absolute Gasteiger partial charge is 0.215 e. The number of nitrogens with one attached hydrogen (secondary N) is 1. The van der Waals surface area contributed by atoms with Crippen LogP contribution in [0.25, 0.3) is 0 Å². The van der Waals surface area contributed by atoms with E-state index in [1.807, 2.05) is 25.8 Å². The highest BCUT2D eigenvalue weighted by Gasteiger charge is 2.12. The quantitative estimate of drug-likeness (QED) is 0.530. The van der Waals surface area contributed by atoms with Crippen molar-refractivity contribution in [2.45, 2.75) is 26.3 Å². The van der Waals surface area contributed by atoms with Crippen molar-refractivity contribution in [3.8, 4) is 0 Å². The van der Waals surface area contributed by atoms with Crippen molar-refractivity contribution in [1.82, 2.24) is 10.2 Å². The molecular weight excluding hydrogens is 196 g/mol. The van der Waals surface area contributed by atoms with Crippen molar-refractivity contribution in [2.24, 2.45) is 0 Å². The Balaban J connectivity index is 3.71. The fourth-order valence-electron chi connectivity index (χ4n) is 1.11. The number of ether oxygens (including phenoxy) is 2. The van der Waals surface area contributed by atoms with Crippen LogP contribution in [0.15, 0.2) is 0 Å². The van der Waals surface area contributed by atoms with Gasteiger partial charge in [-0.25, -0.2) is 0 Å². The number of hydrogen-bond acceptors (Lipinski definition) is 5. The largest absolute Gasteiger partial charge is 0.395 e. The molecule has 1 unspecified atom stereocenters. The lowest BCUT2D eigenvalue weighted by molar-refractivity contribution is -0.151. The third-order valence-corrected chi connectivity index (χ3v) is 2.28. The molecule has 15 heavy (non-hydrogen) atoms. The Morgan fingerprint density at radius 1 is 1.47 bits per heavy atom. The van der Waals surface area contributed by atoms with E-state index in [2.05, 4.69) is 5.32 Å². The fraction of sp³-hybridized carbons (Fsp3) is 1.00. The highest BCUT2D eigenvalue weighted by atomic mass is 16.7. The van der Waals surface area contributed by atoms with Crippen molar-refractivity contribution >= 4 is 0 Å². The lowest BCUT2D eigenvalue weighted by Gasteiger charge is -2.25. The van der Waals surface area contributed by atoms with Gasteiger partial charge >= 0.3 is 0 Å². The standard InChI is InChI=1S/C10H24N2O3/c1-5-11-10(14-4)15-8-9(2)12(3)6-7-13/h9-11,13H,5-8H2,1-4H3/t9?,10-/m1/s1. The number of nitrogens with zero attached hydrogens (tertiary/aromatic N) is 1. The third kappa shape index (κ3) is 6.81. The monoisotopic (exact) mass is 220 g/mol. The molecule has 92 valence electrons. The molecule has 5 heteroatoms. The van der Waals surface area contributed by atoms with Gasteiger partial charge in [0.25, 0.3) is 0 Å². The summed E-state index contributed by atoms with van der Waals surface area (Å²) in [5, 5.41) is 11.8. The summed E-state index contributed by atoms with van der Waals surface area (Å²) in [4.78, 5) is 2.04. The van der Waals surface area contributed by atoms with E-state index in [0.29, 0.717) is 13.2 Å². The van der Waals surface area contributed by atoms with Crippen LogP contribution in [0.4, 0.5) is 0 Å². The van der Waals surface area contributed by atoms with Crippen LogP contribution in [-0.2, 0) is 9.47 Å². The first-order chi connectivity index (χ1) is 7.15. The summed E-state index contributed by atoms with van der Waals surface area (Å²) in [5.41, 5.74) is 0. The van der Waals surface area contributed by atoms with Crippen LogP contribution in [0, 0.1) is 0 Å². The van der Waals surface area contributed by atoms with Crippen LogP contribution < -0.4 is 5.32 Å². The van der Waals surface area contributed by atoms with Crippen LogP contribution in [-0.4, -0.2) is 62.9 Å². The topological polar surface area (TPSA) is 54.0 Å². The Kier molecular flexibility index (Phi) is 8.94. The summed E-state index contributed by atoms with van der Waals surface area (Å²) < 4.78 is 10.6. The minimum atomic E-state index is -0.347. The van der Waals surface area contributed by atoms with E-state index in [0.717, 1.165) is 6.54 Å². The molecule has 0 rings (SSSR count). The Labute approximate surface area is 92.4 Å². The van der Waals surface area contributed by atoms with Gasteiger partial charge in [-0.2, -0.15) is 0 Å². The summed E-state index contributed by atoms with van der Waals surface area (Å²) in [6.07, 6.45) is -0.347. The molecule has 0 saturated heterocycles. The first-order valence-corrected chi connectivity index (χ1v) is 5.34. The number of aliphatic hydroxyl groups is 1. The van der Waals surface area contributed by atoms with Crippen LogP contribution in [0.2, 0.25) is 0 Å². The lowest BCUT2D eigenvalue weighted by atomic mass is 10.3. The molecule has 0 aromatic heterocycles. The van der Waals surface area contributed by atoms with Crippen molar-refractivity contribution in [1.29, 1.82) is 0 Å². The zero-order valence-corrected chi connectivity index (χ0v) is 10.2. The molecule has 5 nitrogen and oxygen atoms in total. The van der Waals surface area contributed by atoms with Crippen molar-refractivity contribution in [2.75, 3.05) is 40.5 Å². The average molecular weight is 220 g/mol. The van der Waals surface area contributed by atoms with Gasteiger partial charge in [0, 0.05) is 19.7 Å². The summed E-state index contributed by atoms with van der Waals surface area (Å²) in [6.45, 7) is 6.25. The van der Waals surface area contributed by atoms with Crippen molar-refractivity contribution in [3.63, 3.8) is 0 Å². The summed E-state index contributed by atoms with van der Waals surface area (Å²) in [5.74, 6) is 0. The Morgan fingerprint density at radius 3 is 2.60 bits per heavy atom. The van der Waals surface area contributed by atoms with E-state index in [1.54, 1.807) is 7.11 Å². The zero-order valence-electron chi connectivity index (χ0n) is 10.2. The SMILES string of the molecule is CCN[C@H](OC)OCC(C)N(C)CCO. The number of likely N-dealkylation sites (N-methyl/N-ethyl adjacent to an activating group) is 1. The second-order valence-electron chi connectivity index (χ2n) is 3.51.